The SMILES string of the molecule is Cc1ccc(CN2C(=O)C(=Cc3ccc(OCc4cccc(C)c4)cc3)SC2=S)cc1. The van der Waals surface area contributed by atoms with Crippen LogP contribution in [0.2, 0.25) is 0 Å². The van der Waals surface area contributed by atoms with E-state index >= 15 is 0 Å². The molecule has 1 aliphatic rings. The molecule has 1 fully saturated rings. The summed E-state index contributed by atoms with van der Waals surface area (Å²) in [5.41, 5.74) is 5.56. The van der Waals surface area contributed by atoms with Crippen molar-refractivity contribution in [3.05, 3.63) is 106 Å². The molecule has 0 atom stereocenters. The van der Waals surface area contributed by atoms with Gasteiger partial charge in [-0.25, -0.2) is 0 Å². The first-order valence-corrected chi connectivity index (χ1v) is 11.3. The van der Waals surface area contributed by atoms with Crippen LogP contribution in [0.15, 0.2) is 77.7 Å². The number of aryl methyl sites for hydroxylation is 2. The summed E-state index contributed by atoms with van der Waals surface area (Å²) >= 11 is 6.80. The highest BCUT2D eigenvalue weighted by atomic mass is 32.2. The molecule has 1 aliphatic heterocycles. The molecular formula is C26H23NO2S2. The maximum Gasteiger partial charge on any atom is 0.266 e. The maximum atomic E-state index is 12.9. The lowest BCUT2D eigenvalue weighted by atomic mass is 10.1. The van der Waals surface area contributed by atoms with Crippen LogP contribution in [0.1, 0.15) is 27.8 Å². The number of carbonyl (C=O) groups excluding carboxylic acids is 1. The minimum Gasteiger partial charge on any atom is -0.489 e. The molecule has 5 heteroatoms. The molecule has 0 aromatic heterocycles. The van der Waals surface area contributed by atoms with Gasteiger partial charge < -0.3 is 4.74 Å². The zero-order valence-electron chi connectivity index (χ0n) is 17.5. The molecule has 0 saturated carbocycles. The van der Waals surface area contributed by atoms with Crippen molar-refractivity contribution < 1.29 is 9.53 Å². The largest absolute Gasteiger partial charge is 0.489 e. The van der Waals surface area contributed by atoms with Crippen molar-refractivity contribution >= 4 is 40.3 Å². The number of thioether (sulfide) groups is 1. The molecule has 1 saturated heterocycles. The van der Waals surface area contributed by atoms with E-state index in [9.17, 15) is 4.79 Å². The molecule has 1 heterocycles. The van der Waals surface area contributed by atoms with E-state index in [2.05, 4.69) is 25.1 Å². The molecule has 0 radical (unpaired) electrons. The Bertz CT molecular complexity index is 1130. The highest BCUT2D eigenvalue weighted by Crippen LogP contribution is 2.33. The second kappa shape index (κ2) is 9.50. The van der Waals surface area contributed by atoms with Crippen molar-refractivity contribution in [3.63, 3.8) is 0 Å². The van der Waals surface area contributed by atoms with Gasteiger partial charge in [0.1, 0.15) is 16.7 Å². The first-order chi connectivity index (χ1) is 15.0. The summed E-state index contributed by atoms with van der Waals surface area (Å²) in [4.78, 5) is 15.2. The lowest BCUT2D eigenvalue weighted by Crippen LogP contribution is -2.27. The van der Waals surface area contributed by atoms with Gasteiger partial charge in [0.05, 0.1) is 11.4 Å². The highest BCUT2D eigenvalue weighted by molar-refractivity contribution is 8.26. The van der Waals surface area contributed by atoms with E-state index < -0.39 is 0 Å². The summed E-state index contributed by atoms with van der Waals surface area (Å²) in [5, 5.41) is 0. The number of nitrogens with zero attached hydrogens (tertiary/aromatic N) is 1. The highest BCUT2D eigenvalue weighted by Gasteiger charge is 2.31. The van der Waals surface area contributed by atoms with Gasteiger partial charge in [-0.1, -0.05) is 95.8 Å². The average Bonchev–Trinajstić information content (AvgIpc) is 3.02. The minimum atomic E-state index is -0.0460. The predicted octanol–water partition coefficient (Wildman–Crippen LogP) is 6.28. The number of hydrogen-bond acceptors (Lipinski definition) is 4. The standard InChI is InChI=1S/C26H23NO2S2/c1-18-6-8-21(9-7-18)16-27-25(28)24(31-26(27)30)15-20-10-12-23(13-11-20)29-17-22-5-3-4-19(2)14-22/h3-15H,16-17H2,1-2H3. The van der Waals surface area contributed by atoms with E-state index in [1.54, 1.807) is 4.90 Å². The molecule has 0 spiro atoms. The molecule has 1 amide bonds. The molecule has 3 nitrogen and oxygen atoms in total. The van der Waals surface area contributed by atoms with Crippen LogP contribution in [-0.4, -0.2) is 15.1 Å². The lowest BCUT2D eigenvalue weighted by molar-refractivity contribution is -0.122. The Morgan fingerprint density at radius 3 is 2.39 bits per heavy atom. The average molecular weight is 446 g/mol. The molecule has 0 aliphatic carbocycles. The fourth-order valence-electron chi connectivity index (χ4n) is 3.29. The Morgan fingerprint density at radius 2 is 1.68 bits per heavy atom. The number of ether oxygens (including phenoxy) is 1. The Hall–Kier alpha value is -2.89. The fourth-order valence-corrected chi connectivity index (χ4v) is 4.55. The van der Waals surface area contributed by atoms with Crippen molar-refractivity contribution in [1.82, 2.24) is 4.90 Å². The number of carbonyl (C=O) groups is 1. The van der Waals surface area contributed by atoms with Gasteiger partial charge in [0, 0.05) is 0 Å². The van der Waals surface area contributed by atoms with Crippen LogP contribution >= 0.6 is 24.0 Å². The summed E-state index contributed by atoms with van der Waals surface area (Å²) in [6, 6.07) is 24.2. The van der Waals surface area contributed by atoms with Gasteiger partial charge in [-0.3, -0.25) is 9.69 Å². The van der Waals surface area contributed by atoms with E-state index in [0.717, 1.165) is 22.4 Å². The summed E-state index contributed by atoms with van der Waals surface area (Å²) in [5.74, 6) is 0.751. The zero-order chi connectivity index (χ0) is 21.8. The van der Waals surface area contributed by atoms with E-state index in [-0.39, 0.29) is 5.91 Å². The fraction of sp³-hybridized carbons (Fsp3) is 0.154. The van der Waals surface area contributed by atoms with Crippen LogP contribution in [0, 0.1) is 13.8 Å². The molecular weight excluding hydrogens is 422 g/mol. The maximum absolute atomic E-state index is 12.9. The van der Waals surface area contributed by atoms with Gasteiger partial charge in [-0.05, 0) is 48.7 Å². The number of thiocarbonyl (C=S) groups is 1. The Kier molecular flexibility index (Phi) is 6.54. The summed E-state index contributed by atoms with van der Waals surface area (Å²) in [7, 11) is 0. The van der Waals surface area contributed by atoms with Crippen molar-refractivity contribution in [2.75, 3.05) is 0 Å². The quantitative estimate of drug-likeness (QED) is 0.330. The van der Waals surface area contributed by atoms with Gasteiger partial charge in [-0.2, -0.15) is 0 Å². The zero-order valence-corrected chi connectivity index (χ0v) is 19.1. The van der Waals surface area contributed by atoms with Gasteiger partial charge >= 0.3 is 0 Å². The first-order valence-electron chi connectivity index (χ1n) is 10.1. The van der Waals surface area contributed by atoms with Crippen LogP contribution in [0.4, 0.5) is 0 Å². The van der Waals surface area contributed by atoms with E-state index in [1.165, 1.54) is 22.9 Å². The normalized spacial score (nSPS) is 15.0. The van der Waals surface area contributed by atoms with Gasteiger partial charge in [0.2, 0.25) is 0 Å². The molecule has 0 N–H and O–H groups in total. The molecule has 0 unspecified atom stereocenters. The van der Waals surface area contributed by atoms with E-state index in [0.29, 0.717) is 22.4 Å². The first kappa shape index (κ1) is 21.3. The smallest absolute Gasteiger partial charge is 0.266 e. The molecule has 3 aromatic rings. The van der Waals surface area contributed by atoms with E-state index in [4.69, 9.17) is 17.0 Å². The second-order valence-electron chi connectivity index (χ2n) is 7.60. The molecule has 156 valence electrons. The van der Waals surface area contributed by atoms with E-state index in [1.807, 2.05) is 67.6 Å². The van der Waals surface area contributed by atoms with Crippen LogP contribution in [-0.2, 0) is 17.9 Å². The Balaban J connectivity index is 1.40. The summed E-state index contributed by atoms with van der Waals surface area (Å²) in [6.45, 7) is 5.14. The monoisotopic (exact) mass is 445 g/mol. The number of benzene rings is 3. The van der Waals surface area contributed by atoms with Crippen LogP contribution < -0.4 is 4.74 Å². The lowest BCUT2D eigenvalue weighted by Gasteiger charge is -2.14. The van der Waals surface area contributed by atoms with Crippen molar-refractivity contribution in [2.24, 2.45) is 0 Å². The van der Waals surface area contributed by atoms with Crippen LogP contribution in [0.25, 0.3) is 6.08 Å². The molecule has 31 heavy (non-hydrogen) atoms. The molecule has 4 rings (SSSR count). The second-order valence-corrected chi connectivity index (χ2v) is 9.28. The molecule has 3 aromatic carbocycles. The third-order valence-electron chi connectivity index (χ3n) is 5.00. The minimum absolute atomic E-state index is 0.0460. The van der Waals surface area contributed by atoms with Gasteiger partial charge in [-0.15, -0.1) is 0 Å². The third-order valence-corrected chi connectivity index (χ3v) is 6.38. The van der Waals surface area contributed by atoms with Gasteiger partial charge in [0.15, 0.2) is 0 Å². The Morgan fingerprint density at radius 1 is 0.935 bits per heavy atom. The predicted molar refractivity (Wildman–Crippen MR) is 132 cm³/mol. The topological polar surface area (TPSA) is 29.5 Å². The molecule has 0 bridgehead atoms. The van der Waals surface area contributed by atoms with Crippen LogP contribution in [0.3, 0.4) is 0 Å². The summed E-state index contributed by atoms with van der Waals surface area (Å²) < 4.78 is 6.47. The Labute approximate surface area is 192 Å². The van der Waals surface area contributed by atoms with Crippen molar-refractivity contribution in [1.29, 1.82) is 0 Å². The van der Waals surface area contributed by atoms with Gasteiger partial charge in [0.25, 0.3) is 5.91 Å². The number of hydrogen-bond donors (Lipinski definition) is 0. The number of amides is 1. The van der Waals surface area contributed by atoms with Crippen LogP contribution in [0.5, 0.6) is 5.75 Å². The number of rotatable bonds is 6. The van der Waals surface area contributed by atoms with Crippen molar-refractivity contribution in [3.8, 4) is 5.75 Å². The third kappa shape index (κ3) is 5.43. The summed E-state index contributed by atoms with van der Waals surface area (Å²) in [6.07, 6.45) is 1.89. The van der Waals surface area contributed by atoms with Crippen molar-refractivity contribution in [2.45, 2.75) is 27.0 Å².